The molecule has 1 rings (SSSR count). The highest BCUT2D eigenvalue weighted by Gasteiger charge is 2.32. The van der Waals surface area contributed by atoms with Gasteiger partial charge in [0.05, 0.1) is 5.56 Å². The summed E-state index contributed by atoms with van der Waals surface area (Å²) >= 11 is 0. The van der Waals surface area contributed by atoms with Crippen LogP contribution in [0, 0.1) is 6.92 Å². The highest BCUT2D eigenvalue weighted by Crippen LogP contribution is 2.24. The maximum absolute atomic E-state index is 11.9. The van der Waals surface area contributed by atoms with Crippen LogP contribution in [0.4, 0.5) is 13.2 Å². The first-order valence-corrected chi connectivity index (χ1v) is 3.93. The molecule has 0 aliphatic carbocycles. The van der Waals surface area contributed by atoms with Gasteiger partial charge in [-0.05, 0) is 6.92 Å². The number of ether oxygens (including phenoxy) is 1. The molecule has 8 heteroatoms. The number of hydrogen-bond donors (Lipinski definition) is 2. The average molecular weight is 237 g/mol. The Hall–Kier alpha value is -1.99. The molecule has 0 saturated carbocycles. The van der Waals surface area contributed by atoms with E-state index in [2.05, 4.69) is 4.74 Å². The largest absolute Gasteiger partial charge is 0.573 e. The molecule has 88 valence electrons. The first kappa shape index (κ1) is 12.1. The van der Waals surface area contributed by atoms with Gasteiger partial charge in [-0.2, -0.15) is 0 Å². The Morgan fingerprint density at radius 2 is 2.06 bits per heavy atom. The second kappa shape index (κ2) is 3.87. The number of halogens is 3. The smallest absolute Gasteiger partial charge is 0.477 e. The van der Waals surface area contributed by atoms with Crippen LogP contribution in [0.15, 0.2) is 10.9 Å². The molecule has 0 saturated heterocycles. The predicted molar refractivity (Wildman–Crippen MR) is 45.4 cm³/mol. The molecule has 0 fully saturated rings. The van der Waals surface area contributed by atoms with Crippen LogP contribution >= 0.6 is 0 Å². The molecule has 16 heavy (non-hydrogen) atoms. The number of hydrogen-bond acceptors (Lipinski definition) is 3. The van der Waals surface area contributed by atoms with E-state index in [9.17, 15) is 22.8 Å². The summed E-state index contributed by atoms with van der Waals surface area (Å²) in [4.78, 5) is 23.5. The van der Waals surface area contributed by atoms with Crippen molar-refractivity contribution in [1.29, 1.82) is 0 Å². The van der Waals surface area contributed by atoms with E-state index in [0.29, 0.717) is 6.07 Å². The summed E-state index contributed by atoms with van der Waals surface area (Å²) in [6, 6.07) is 0.604. The minimum Gasteiger partial charge on any atom is -0.477 e. The summed E-state index contributed by atoms with van der Waals surface area (Å²) in [7, 11) is 0. The lowest BCUT2D eigenvalue weighted by Gasteiger charge is -2.11. The minimum atomic E-state index is -4.98. The third-order valence-corrected chi connectivity index (χ3v) is 1.69. The van der Waals surface area contributed by atoms with Crippen molar-refractivity contribution in [2.24, 2.45) is 0 Å². The Morgan fingerprint density at radius 1 is 1.50 bits per heavy atom. The number of H-pyrrole nitrogens is 1. The summed E-state index contributed by atoms with van der Waals surface area (Å²) in [5.41, 5.74) is -1.96. The average Bonchev–Trinajstić information content (AvgIpc) is 2.10. The molecule has 0 amide bonds. The van der Waals surface area contributed by atoms with E-state index in [4.69, 9.17) is 5.11 Å². The lowest BCUT2D eigenvalue weighted by atomic mass is 10.2. The number of aromatic nitrogens is 1. The van der Waals surface area contributed by atoms with E-state index < -0.39 is 29.3 Å². The Bertz CT molecular complexity index is 477. The molecule has 1 aromatic rings. The second-order valence-corrected chi connectivity index (χ2v) is 2.85. The Morgan fingerprint density at radius 3 is 2.50 bits per heavy atom. The zero-order chi connectivity index (χ0) is 12.5. The third-order valence-electron chi connectivity index (χ3n) is 1.69. The van der Waals surface area contributed by atoms with Gasteiger partial charge in [-0.3, -0.25) is 4.79 Å². The van der Waals surface area contributed by atoms with E-state index in [1.165, 1.54) is 0 Å². The summed E-state index contributed by atoms with van der Waals surface area (Å²) in [5.74, 6) is -2.38. The van der Waals surface area contributed by atoms with Crippen molar-refractivity contribution in [2.75, 3.05) is 0 Å². The van der Waals surface area contributed by atoms with Crippen molar-refractivity contribution < 1.29 is 27.8 Å². The third kappa shape index (κ3) is 2.75. The highest BCUT2D eigenvalue weighted by molar-refractivity contribution is 5.85. The number of carbonyl (C=O) groups is 1. The number of rotatable bonds is 2. The van der Waals surface area contributed by atoms with Crippen molar-refractivity contribution in [1.82, 2.24) is 4.98 Å². The van der Waals surface area contributed by atoms with Crippen LogP contribution in [0.1, 0.15) is 16.1 Å². The molecule has 0 spiro atoms. The van der Waals surface area contributed by atoms with Gasteiger partial charge in [0, 0.05) is 6.07 Å². The van der Waals surface area contributed by atoms with Crippen molar-refractivity contribution in [3.63, 3.8) is 0 Å². The first-order valence-electron chi connectivity index (χ1n) is 3.93. The molecular weight excluding hydrogens is 231 g/mol. The van der Waals surface area contributed by atoms with Gasteiger partial charge in [0.15, 0.2) is 0 Å². The maximum atomic E-state index is 11.9. The summed E-state index contributed by atoms with van der Waals surface area (Å²) < 4.78 is 39.2. The van der Waals surface area contributed by atoms with Gasteiger partial charge in [-0.1, -0.05) is 0 Å². The summed E-state index contributed by atoms with van der Waals surface area (Å²) in [6.45, 7) is 1.09. The molecular formula is C8H6F3NO4. The monoisotopic (exact) mass is 237 g/mol. The molecule has 2 N–H and O–H groups in total. The van der Waals surface area contributed by atoms with Gasteiger partial charge < -0.3 is 14.8 Å². The zero-order valence-corrected chi connectivity index (χ0v) is 7.88. The van der Waals surface area contributed by atoms with E-state index in [0.717, 1.165) is 6.92 Å². The second-order valence-electron chi connectivity index (χ2n) is 2.85. The van der Waals surface area contributed by atoms with Crippen molar-refractivity contribution in [2.45, 2.75) is 13.3 Å². The van der Waals surface area contributed by atoms with Gasteiger partial charge >= 0.3 is 12.3 Å². The normalized spacial score (nSPS) is 11.2. The Labute approximate surface area is 86.5 Å². The van der Waals surface area contributed by atoms with Crippen LogP contribution < -0.4 is 10.3 Å². The van der Waals surface area contributed by atoms with E-state index in [1.54, 1.807) is 0 Å². The van der Waals surface area contributed by atoms with Crippen LogP contribution in [-0.4, -0.2) is 22.4 Å². The minimum absolute atomic E-state index is 0.345. The van der Waals surface area contributed by atoms with Crippen LogP contribution in [0.5, 0.6) is 5.75 Å². The van der Waals surface area contributed by atoms with Crippen LogP contribution in [0.2, 0.25) is 0 Å². The SMILES string of the molecule is Cc1c(OC(F)(F)F)cc(C(=O)O)[nH]c1=O. The van der Waals surface area contributed by atoms with E-state index in [-0.39, 0.29) is 5.56 Å². The molecule has 0 radical (unpaired) electrons. The van der Waals surface area contributed by atoms with Crippen LogP contribution in [0.25, 0.3) is 0 Å². The van der Waals surface area contributed by atoms with Crippen LogP contribution in [-0.2, 0) is 0 Å². The number of alkyl halides is 3. The number of aromatic amines is 1. The van der Waals surface area contributed by atoms with E-state index >= 15 is 0 Å². The number of carboxylic acids is 1. The summed E-state index contributed by atoms with van der Waals surface area (Å²) in [6.07, 6.45) is -4.98. The quantitative estimate of drug-likeness (QED) is 0.811. The summed E-state index contributed by atoms with van der Waals surface area (Å²) in [5, 5.41) is 8.52. The number of nitrogens with one attached hydrogen (secondary N) is 1. The topological polar surface area (TPSA) is 79.4 Å². The Balaban J connectivity index is 3.28. The molecule has 0 bridgehead atoms. The van der Waals surface area contributed by atoms with Crippen molar-refractivity contribution in [3.8, 4) is 5.75 Å². The highest BCUT2D eigenvalue weighted by atomic mass is 19.4. The number of pyridine rings is 1. The fraction of sp³-hybridized carbons (Fsp3) is 0.250. The van der Waals surface area contributed by atoms with E-state index in [1.807, 2.05) is 4.98 Å². The molecule has 1 aromatic heterocycles. The van der Waals surface area contributed by atoms with Gasteiger partial charge in [0.1, 0.15) is 11.4 Å². The Kier molecular flexibility index (Phi) is 2.92. The lowest BCUT2D eigenvalue weighted by Crippen LogP contribution is -2.22. The van der Waals surface area contributed by atoms with Gasteiger partial charge in [0.25, 0.3) is 5.56 Å². The predicted octanol–water partition coefficient (Wildman–Crippen LogP) is 1.28. The maximum Gasteiger partial charge on any atom is 0.573 e. The van der Waals surface area contributed by atoms with Gasteiger partial charge in [-0.15, -0.1) is 13.2 Å². The number of aromatic carboxylic acids is 1. The molecule has 0 aliphatic heterocycles. The fourth-order valence-corrected chi connectivity index (χ4v) is 0.949. The first-order chi connectivity index (χ1) is 7.20. The molecule has 0 aromatic carbocycles. The van der Waals surface area contributed by atoms with Crippen molar-refractivity contribution in [3.05, 3.63) is 27.7 Å². The molecule has 5 nitrogen and oxygen atoms in total. The lowest BCUT2D eigenvalue weighted by molar-refractivity contribution is -0.274. The molecule has 0 atom stereocenters. The number of carboxylic acid groups (broad SMARTS) is 1. The van der Waals surface area contributed by atoms with Gasteiger partial charge in [-0.25, -0.2) is 4.79 Å². The molecule has 0 aliphatic rings. The zero-order valence-electron chi connectivity index (χ0n) is 7.88. The van der Waals surface area contributed by atoms with Crippen molar-refractivity contribution >= 4 is 5.97 Å². The molecule has 1 heterocycles. The van der Waals surface area contributed by atoms with Crippen LogP contribution in [0.3, 0.4) is 0 Å². The molecule has 0 unspecified atom stereocenters. The fourth-order valence-electron chi connectivity index (χ4n) is 0.949. The van der Waals surface area contributed by atoms with Gasteiger partial charge in [0.2, 0.25) is 0 Å². The standard InChI is InChI=1S/C8H6F3NO4/c1-3-5(16-8(9,10)11)2-4(7(14)15)12-6(3)13/h2H,1H3,(H,12,13)(H,14,15).